The molecule has 106 valence electrons. The molecule has 1 saturated heterocycles. The molecule has 0 spiro atoms. The maximum Gasteiger partial charge on any atom is 0.301 e. The first-order valence-corrected chi connectivity index (χ1v) is 8.72. The van der Waals surface area contributed by atoms with E-state index in [1.54, 1.807) is 18.2 Å². The smallest absolute Gasteiger partial charge is 0.271 e. The fraction of sp³-hybridized carbons (Fsp3) is 0.500. The Morgan fingerprint density at radius 3 is 2.58 bits per heavy atom. The summed E-state index contributed by atoms with van der Waals surface area (Å²) >= 11 is 9.22. The predicted molar refractivity (Wildman–Crippen MR) is 81.7 cm³/mol. The molecular formula is C12H16BrClN2O2S. The Balaban J connectivity index is 2.10. The van der Waals surface area contributed by atoms with Crippen molar-refractivity contribution in [2.75, 3.05) is 17.8 Å². The Bertz CT molecular complexity index is 557. The van der Waals surface area contributed by atoms with Gasteiger partial charge in [-0.15, -0.1) is 0 Å². The van der Waals surface area contributed by atoms with Gasteiger partial charge in [-0.3, -0.25) is 4.72 Å². The minimum absolute atomic E-state index is 0.479. The second-order valence-corrected chi connectivity index (χ2v) is 7.75. The van der Waals surface area contributed by atoms with E-state index in [9.17, 15) is 8.42 Å². The summed E-state index contributed by atoms with van der Waals surface area (Å²) in [5.74, 6) is 0.591. The molecule has 0 radical (unpaired) electrons. The summed E-state index contributed by atoms with van der Waals surface area (Å²) in [6, 6.07) is 4.99. The van der Waals surface area contributed by atoms with Gasteiger partial charge in [-0.25, -0.2) is 0 Å². The van der Waals surface area contributed by atoms with Crippen LogP contribution in [0.2, 0.25) is 5.02 Å². The van der Waals surface area contributed by atoms with Crippen molar-refractivity contribution < 1.29 is 8.42 Å². The van der Waals surface area contributed by atoms with Crippen molar-refractivity contribution >= 4 is 43.4 Å². The van der Waals surface area contributed by atoms with Crippen molar-refractivity contribution in [3.8, 4) is 0 Å². The van der Waals surface area contributed by atoms with Crippen LogP contribution in [-0.2, 0) is 10.2 Å². The van der Waals surface area contributed by atoms with Crippen molar-refractivity contribution in [2.45, 2.75) is 19.8 Å². The molecule has 1 fully saturated rings. The van der Waals surface area contributed by atoms with E-state index in [0.717, 1.165) is 17.3 Å². The van der Waals surface area contributed by atoms with Crippen molar-refractivity contribution in [2.24, 2.45) is 5.92 Å². The van der Waals surface area contributed by atoms with E-state index in [-0.39, 0.29) is 0 Å². The Hall–Kier alpha value is -0.300. The monoisotopic (exact) mass is 366 g/mol. The Labute approximate surface area is 127 Å². The molecule has 0 atom stereocenters. The van der Waals surface area contributed by atoms with E-state index < -0.39 is 10.2 Å². The van der Waals surface area contributed by atoms with Crippen LogP contribution in [0.5, 0.6) is 0 Å². The topological polar surface area (TPSA) is 49.4 Å². The van der Waals surface area contributed by atoms with Crippen molar-refractivity contribution in [1.29, 1.82) is 0 Å². The number of hydrogen-bond acceptors (Lipinski definition) is 2. The van der Waals surface area contributed by atoms with Gasteiger partial charge in [-0.1, -0.05) is 18.5 Å². The van der Waals surface area contributed by atoms with Crippen LogP contribution in [0.25, 0.3) is 0 Å². The summed E-state index contributed by atoms with van der Waals surface area (Å²) in [5.41, 5.74) is 0.479. The summed E-state index contributed by atoms with van der Waals surface area (Å²) in [6.07, 6.45) is 1.81. The van der Waals surface area contributed by atoms with Crippen molar-refractivity contribution in [1.82, 2.24) is 4.31 Å². The lowest BCUT2D eigenvalue weighted by molar-refractivity contribution is 0.289. The van der Waals surface area contributed by atoms with Crippen LogP contribution in [0.4, 0.5) is 5.69 Å². The number of nitrogens with zero attached hydrogens (tertiary/aromatic N) is 1. The van der Waals surface area contributed by atoms with Crippen LogP contribution in [0.3, 0.4) is 0 Å². The minimum Gasteiger partial charge on any atom is -0.271 e. The summed E-state index contributed by atoms with van der Waals surface area (Å²) in [5, 5.41) is 0.479. The zero-order valence-corrected chi connectivity index (χ0v) is 13.7. The van der Waals surface area contributed by atoms with E-state index in [1.165, 1.54) is 4.31 Å². The number of benzene rings is 1. The highest BCUT2D eigenvalue weighted by Crippen LogP contribution is 2.27. The van der Waals surface area contributed by atoms with E-state index >= 15 is 0 Å². The highest BCUT2D eigenvalue weighted by Gasteiger charge is 2.26. The van der Waals surface area contributed by atoms with Gasteiger partial charge in [0.1, 0.15) is 0 Å². The van der Waals surface area contributed by atoms with Crippen molar-refractivity contribution in [3.63, 3.8) is 0 Å². The molecule has 7 heteroatoms. The van der Waals surface area contributed by atoms with Gasteiger partial charge in [0.15, 0.2) is 0 Å². The average Bonchev–Trinajstić information content (AvgIpc) is 2.34. The third kappa shape index (κ3) is 3.84. The summed E-state index contributed by atoms with van der Waals surface area (Å²) in [7, 11) is -3.48. The molecule has 1 aromatic carbocycles. The van der Waals surface area contributed by atoms with Crippen LogP contribution in [0, 0.1) is 5.92 Å². The van der Waals surface area contributed by atoms with E-state index in [0.29, 0.717) is 29.7 Å². The van der Waals surface area contributed by atoms with Gasteiger partial charge in [0.05, 0.1) is 10.7 Å². The lowest BCUT2D eigenvalue weighted by Gasteiger charge is -2.29. The Morgan fingerprint density at radius 1 is 1.37 bits per heavy atom. The lowest BCUT2D eigenvalue weighted by Crippen LogP contribution is -2.41. The van der Waals surface area contributed by atoms with Crippen molar-refractivity contribution in [3.05, 3.63) is 27.7 Å². The molecule has 1 N–H and O–H groups in total. The van der Waals surface area contributed by atoms with Gasteiger partial charge in [0.25, 0.3) is 0 Å². The van der Waals surface area contributed by atoms with Crippen LogP contribution in [-0.4, -0.2) is 25.8 Å². The third-order valence-corrected chi connectivity index (χ3v) is 6.02. The number of anilines is 1. The first-order chi connectivity index (χ1) is 8.88. The van der Waals surface area contributed by atoms with Crippen LogP contribution in [0.15, 0.2) is 22.7 Å². The SMILES string of the molecule is CC1CCN(S(=O)(=O)Nc2ccc(Br)c(Cl)c2)CC1. The second-order valence-electron chi connectivity index (χ2n) is 4.82. The fourth-order valence-electron chi connectivity index (χ4n) is 2.00. The molecular weight excluding hydrogens is 352 g/mol. The third-order valence-electron chi connectivity index (χ3n) is 3.25. The van der Waals surface area contributed by atoms with Gasteiger partial charge < -0.3 is 0 Å². The molecule has 1 aliphatic rings. The zero-order chi connectivity index (χ0) is 14.0. The second kappa shape index (κ2) is 5.99. The van der Waals surface area contributed by atoms with Crippen LogP contribution >= 0.6 is 27.5 Å². The van der Waals surface area contributed by atoms with Crippen LogP contribution in [0.1, 0.15) is 19.8 Å². The zero-order valence-electron chi connectivity index (χ0n) is 10.6. The Kier molecular flexibility index (Phi) is 4.76. The van der Waals surface area contributed by atoms with E-state index in [4.69, 9.17) is 11.6 Å². The molecule has 0 unspecified atom stereocenters. The number of hydrogen-bond donors (Lipinski definition) is 1. The lowest BCUT2D eigenvalue weighted by atomic mass is 10.0. The molecule has 4 nitrogen and oxygen atoms in total. The number of nitrogens with one attached hydrogen (secondary N) is 1. The number of halogens is 2. The fourth-order valence-corrected chi connectivity index (χ4v) is 3.67. The quantitative estimate of drug-likeness (QED) is 0.889. The largest absolute Gasteiger partial charge is 0.301 e. The first-order valence-electron chi connectivity index (χ1n) is 6.11. The molecule has 1 aliphatic heterocycles. The Morgan fingerprint density at radius 2 is 2.00 bits per heavy atom. The van der Waals surface area contributed by atoms with E-state index in [1.807, 2.05) is 0 Å². The summed E-state index contributed by atoms with van der Waals surface area (Å²) < 4.78 is 29.2. The van der Waals surface area contributed by atoms with Gasteiger partial charge in [0.2, 0.25) is 0 Å². The average molecular weight is 368 g/mol. The minimum atomic E-state index is -3.48. The summed E-state index contributed by atoms with van der Waals surface area (Å²) in [4.78, 5) is 0. The molecule has 2 rings (SSSR count). The molecule has 0 saturated carbocycles. The molecule has 0 aliphatic carbocycles. The van der Waals surface area contributed by atoms with Gasteiger partial charge in [-0.05, 0) is 52.9 Å². The maximum absolute atomic E-state index is 12.2. The summed E-state index contributed by atoms with van der Waals surface area (Å²) in [6.45, 7) is 3.29. The number of rotatable bonds is 3. The molecule has 1 aromatic rings. The van der Waals surface area contributed by atoms with Crippen LogP contribution < -0.4 is 4.72 Å². The number of piperidine rings is 1. The van der Waals surface area contributed by atoms with Gasteiger partial charge in [-0.2, -0.15) is 12.7 Å². The molecule has 0 bridgehead atoms. The normalized spacial score (nSPS) is 18.5. The highest BCUT2D eigenvalue weighted by atomic mass is 79.9. The maximum atomic E-state index is 12.2. The highest BCUT2D eigenvalue weighted by molar-refractivity contribution is 9.10. The van der Waals surface area contributed by atoms with Gasteiger partial charge in [0, 0.05) is 17.6 Å². The molecule has 0 amide bonds. The standard InChI is InChI=1S/C12H16BrClN2O2S/c1-9-4-6-16(7-5-9)19(17,18)15-10-2-3-11(13)12(14)8-10/h2-3,8-9,15H,4-7H2,1H3. The molecule has 19 heavy (non-hydrogen) atoms. The molecule has 0 aromatic heterocycles. The predicted octanol–water partition coefficient (Wildman–Crippen LogP) is 3.49. The molecule has 1 heterocycles. The van der Waals surface area contributed by atoms with E-state index in [2.05, 4.69) is 27.6 Å². The first kappa shape index (κ1) is 15.1. The van der Waals surface area contributed by atoms with Gasteiger partial charge >= 0.3 is 10.2 Å².